The highest BCUT2D eigenvalue weighted by Gasteiger charge is 2.40. The van der Waals surface area contributed by atoms with Crippen molar-refractivity contribution in [3.8, 4) is 11.5 Å². The highest BCUT2D eigenvalue weighted by Crippen LogP contribution is 2.47. The van der Waals surface area contributed by atoms with Crippen molar-refractivity contribution in [3.63, 3.8) is 0 Å². The first kappa shape index (κ1) is 41.4. The van der Waals surface area contributed by atoms with Crippen LogP contribution < -0.4 is 19.7 Å². The fourth-order valence-electron chi connectivity index (χ4n) is 10.4. The van der Waals surface area contributed by atoms with Crippen molar-refractivity contribution in [2.24, 2.45) is 0 Å². The molecular formula is C53H58N4O5. The number of piperidine rings is 1. The lowest BCUT2D eigenvalue weighted by molar-refractivity contribution is -0.136. The number of nitrogens with zero attached hydrogens (tertiary/aromatic N) is 3. The molecule has 1 N–H and O–H groups in total. The number of carbonyl (C=O) groups is 3. The van der Waals surface area contributed by atoms with Crippen LogP contribution in [0, 0.1) is 0 Å². The van der Waals surface area contributed by atoms with Gasteiger partial charge in [0.05, 0.1) is 6.61 Å². The number of unbranched alkanes of at least 4 members (excludes halogenated alkanes) is 2. The summed E-state index contributed by atoms with van der Waals surface area (Å²) in [4.78, 5) is 44.1. The number of fused-ring (bicyclic) bond motifs is 2. The molecule has 0 saturated carbocycles. The monoisotopic (exact) mass is 830 g/mol. The van der Waals surface area contributed by atoms with Gasteiger partial charge in [-0.05, 0) is 141 Å². The Bertz CT molecular complexity index is 2360. The van der Waals surface area contributed by atoms with Crippen LogP contribution in [-0.4, -0.2) is 71.9 Å². The third-order valence-electron chi connectivity index (χ3n) is 13.6. The number of carbonyl (C=O) groups excluding carboxylic acids is 3. The number of nitrogens with one attached hydrogen (secondary N) is 1. The fourth-order valence-corrected chi connectivity index (χ4v) is 10.4. The fraction of sp³-hybridized carbons (Fsp3) is 0.377. The summed E-state index contributed by atoms with van der Waals surface area (Å²) in [5.74, 6) is 1.72. The minimum atomic E-state index is -0.598. The molecule has 62 heavy (non-hydrogen) atoms. The molecule has 5 aromatic rings. The van der Waals surface area contributed by atoms with E-state index >= 15 is 0 Å². The van der Waals surface area contributed by atoms with Gasteiger partial charge in [-0.3, -0.25) is 24.6 Å². The van der Waals surface area contributed by atoms with Gasteiger partial charge in [0.1, 0.15) is 24.1 Å². The van der Waals surface area contributed by atoms with Crippen LogP contribution in [-0.2, 0) is 29.2 Å². The first-order valence-electron chi connectivity index (χ1n) is 22.6. The normalized spacial score (nSPS) is 22.5. The molecule has 0 aromatic heterocycles. The number of anilines is 1. The molecule has 1 aliphatic carbocycles. The van der Waals surface area contributed by atoms with Crippen LogP contribution in [0.3, 0.4) is 0 Å². The standard InChI is InChI=1S/C53H58N4O5/c1-36-32-55(43-19-24-48-42(30-43)34-57(53(48)60)49-26-27-50(58)54-52(49)59)33-37(2)56(36)28-10-5-11-29-61-44-20-16-40(17-21-44)51-46(39-14-8-4-9-15-39)23-18-41-31-45(22-25-47(41)51)62-35-38-12-6-3-7-13-38/h3-4,6-9,12-17,19-22,24-25,30-31,36-37,46,49,51H,5,10-11,18,23,26-29,32-35H2,1-2H3,(H,54,58,59)/t36?,37?,46?,49?,51-/m0/s1. The summed E-state index contributed by atoms with van der Waals surface area (Å²) in [6.45, 7) is 9.15. The summed E-state index contributed by atoms with van der Waals surface area (Å²) >= 11 is 0. The summed E-state index contributed by atoms with van der Waals surface area (Å²) < 4.78 is 12.5. The number of hydrogen-bond acceptors (Lipinski definition) is 7. The van der Waals surface area contributed by atoms with Gasteiger partial charge in [-0.15, -0.1) is 0 Å². The van der Waals surface area contributed by atoms with Crippen LogP contribution in [0.15, 0.2) is 121 Å². The van der Waals surface area contributed by atoms with E-state index in [9.17, 15) is 14.4 Å². The lowest BCUT2D eigenvalue weighted by atomic mass is 9.69. The second kappa shape index (κ2) is 18.6. The lowest BCUT2D eigenvalue weighted by Gasteiger charge is -2.45. The first-order valence-corrected chi connectivity index (χ1v) is 22.6. The van der Waals surface area contributed by atoms with Gasteiger partial charge in [0, 0.05) is 55.3 Å². The van der Waals surface area contributed by atoms with Crippen molar-refractivity contribution in [1.29, 1.82) is 0 Å². The zero-order valence-electron chi connectivity index (χ0n) is 36.0. The number of ether oxygens (including phenoxy) is 2. The van der Waals surface area contributed by atoms with Crippen molar-refractivity contribution >= 4 is 23.4 Å². The van der Waals surface area contributed by atoms with Crippen LogP contribution in [0.25, 0.3) is 0 Å². The van der Waals surface area contributed by atoms with E-state index in [0.29, 0.717) is 49.7 Å². The zero-order valence-corrected chi connectivity index (χ0v) is 36.0. The average Bonchev–Trinajstić information content (AvgIpc) is 3.62. The molecule has 3 amide bonds. The Balaban J connectivity index is 0.753. The van der Waals surface area contributed by atoms with Gasteiger partial charge in [0.15, 0.2) is 0 Å². The van der Waals surface area contributed by atoms with E-state index in [0.717, 1.165) is 74.5 Å². The minimum absolute atomic E-state index is 0.130. The summed E-state index contributed by atoms with van der Waals surface area (Å²) in [5, 5.41) is 2.39. The maximum Gasteiger partial charge on any atom is 0.255 e. The molecule has 3 heterocycles. The van der Waals surface area contributed by atoms with Gasteiger partial charge in [0.2, 0.25) is 11.8 Å². The van der Waals surface area contributed by atoms with Gasteiger partial charge in [-0.1, -0.05) is 78.9 Å². The van der Waals surface area contributed by atoms with Crippen LogP contribution in [0.1, 0.15) is 108 Å². The van der Waals surface area contributed by atoms with E-state index in [2.05, 4.69) is 132 Å². The quantitative estimate of drug-likeness (QED) is 0.0883. The molecule has 4 aliphatic rings. The Kier molecular flexibility index (Phi) is 12.4. The molecular weight excluding hydrogens is 773 g/mol. The molecule has 9 nitrogen and oxygen atoms in total. The first-order chi connectivity index (χ1) is 30.3. The molecule has 2 fully saturated rings. The summed E-state index contributed by atoms with van der Waals surface area (Å²) in [6.07, 6.45) is 5.97. The molecule has 5 aromatic carbocycles. The van der Waals surface area contributed by atoms with Crippen molar-refractivity contribution in [2.75, 3.05) is 31.1 Å². The molecule has 0 bridgehead atoms. The molecule has 0 radical (unpaired) electrons. The highest BCUT2D eigenvalue weighted by atomic mass is 16.5. The topological polar surface area (TPSA) is 91.4 Å². The van der Waals surface area contributed by atoms with Crippen LogP contribution >= 0.6 is 0 Å². The van der Waals surface area contributed by atoms with E-state index in [1.807, 2.05) is 18.2 Å². The second-order valence-electron chi connectivity index (χ2n) is 17.7. The number of piperazine rings is 1. The highest BCUT2D eigenvalue weighted by molar-refractivity contribution is 6.05. The predicted molar refractivity (Wildman–Crippen MR) is 243 cm³/mol. The molecule has 2 saturated heterocycles. The molecule has 9 rings (SSSR count). The van der Waals surface area contributed by atoms with Crippen molar-refractivity contribution in [3.05, 3.63) is 160 Å². The third-order valence-corrected chi connectivity index (χ3v) is 13.6. The minimum Gasteiger partial charge on any atom is -0.494 e. The predicted octanol–water partition coefficient (Wildman–Crippen LogP) is 9.04. The van der Waals surface area contributed by atoms with E-state index in [1.165, 1.54) is 27.8 Å². The number of hydrogen-bond donors (Lipinski definition) is 1. The maximum absolute atomic E-state index is 13.2. The Labute approximate surface area is 366 Å². The maximum atomic E-state index is 13.2. The van der Waals surface area contributed by atoms with E-state index in [1.54, 1.807) is 4.90 Å². The Morgan fingerprint density at radius 3 is 2.18 bits per heavy atom. The van der Waals surface area contributed by atoms with Crippen LogP contribution in [0.5, 0.6) is 11.5 Å². The third kappa shape index (κ3) is 9.00. The number of amides is 3. The van der Waals surface area contributed by atoms with Crippen molar-refractivity contribution in [1.82, 2.24) is 15.1 Å². The SMILES string of the molecule is CC1CN(c2ccc3c(c2)CN(C2CCC(=O)NC2=O)C3=O)CC(C)N1CCCCCOc1ccc([C@@H]2c3ccc(OCc4ccccc4)cc3CCC2c2ccccc2)cc1. The lowest BCUT2D eigenvalue weighted by Crippen LogP contribution is -2.57. The molecule has 4 unspecified atom stereocenters. The number of benzene rings is 5. The average molecular weight is 831 g/mol. The molecule has 320 valence electrons. The summed E-state index contributed by atoms with van der Waals surface area (Å²) in [5.41, 5.74) is 9.35. The van der Waals surface area contributed by atoms with E-state index in [4.69, 9.17) is 9.47 Å². The van der Waals surface area contributed by atoms with E-state index < -0.39 is 6.04 Å². The number of aryl methyl sites for hydroxylation is 1. The largest absolute Gasteiger partial charge is 0.494 e. The smallest absolute Gasteiger partial charge is 0.255 e. The van der Waals surface area contributed by atoms with Gasteiger partial charge in [-0.25, -0.2) is 0 Å². The molecule has 5 atom stereocenters. The molecule has 3 aliphatic heterocycles. The summed E-state index contributed by atoms with van der Waals surface area (Å²) in [7, 11) is 0. The summed E-state index contributed by atoms with van der Waals surface area (Å²) in [6, 6.07) is 43.1. The number of rotatable bonds is 14. The van der Waals surface area contributed by atoms with Gasteiger partial charge in [0.25, 0.3) is 5.91 Å². The van der Waals surface area contributed by atoms with Crippen LogP contribution in [0.2, 0.25) is 0 Å². The van der Waals surface area contributed by atoms with Gasteiger partial charge >= 0.3 is 0 Å². The molecule has 9 heteroatoms. The van der Waals surface area contributed by atoms with Crippen LogP contribution in [0.4, 0.5) is 5.69 Å². The van der Waals surface area contributed by atoms with Gasteiger partial charge in [-0.2, -0.15) is 0 Å². The second-order valence-corrected chi connectivity index (χ2v) is 17.7. The van der Waals surface area contributed by atoms with Gasteiger partial charge < -0.3 is 19.3 Å². The van der Waals surface area contributed by atoms with Crippen molar-refractivity contribution in [2.45, 2.75) is 102 Å². The van der Waals surface area contributed by atoms with Crippen molar-refractivity contribution < 1.29 is 23.9 Å². The number of imide groups is 1. The Morgan fingerprint density at radius 2 is 1.42 bits per heavy atom. The zero-order chi connectivity index (χ0) is 42.6. The Hall–Kier alpha value is -5.93. The van der Waals surface area contributed by atoms with E-state index in [-0.39, 0.29) is 30.1 Å². The Morgan fingerprint density at radius 1 is 0.677 bits per heavy atom. The molecule has 0 spiro atoms.